The molecule has 3 aromatic rings. The quantitative estimate of drug-likeness (QED) is 0.311. The van der Waals surface area contributed by atoms with E-state index < -0.39 is 17.8 Å². The van der Waals surface area contributed by atoms with Gasteiger partial charge in [0.2, 0.25) is 5.91 Å². The number of nitrogens with two attached hydrogens (primary N) is 1. The number of primary amides is 1. The summed E-state index contributed by atoms with van der Waals surface area (Å²) < 4.78 is 21.1. The van der Waals surface area contributed by atoms with Crippen molar-refractivity contribution < 1.29 is 13.9 Å². The standard InChI is InChI=1S/C30H36FNO2/c1-5-6-7-8-9-28(26-19-14-23(29(32)33)20-27(26)31)34-25-17-12-22(13-18-25)21-10-15-24(16-11-21)30(2,3)4/h10-20,28H,5-9H2,1-4H3,(H2,32,33). The van der Waals surface area contributed by atoms with Crippen LogP contribution in [0.15, 0.2) is 66.7 Å². The van der Waals surface area contributed by atoms with E-state index in [1.807, 2.05) is 24.3 Å². The van der Waals surface area contributed by atoms with Crippen molar-refractivity contribution in [2.24, 2.45) is 5.73 Å². The van der Waals surface area contributed by atoms with Gasteiger partial charge in [-0.15, -0.1) is 0 Å². The number of ether oxygens (including phenoxy) is 1. The highest BCUT2D eigenvalue weighted by atomic mass is 19.1. The van der Waals surface area contributed by atoms with Crippen LogP contribution >= 0.6 is 0 Å². The number of hydrogen-bond donors (Lipinski definition) is 1. The van der Waals surface area contributed by atoms with Gasteiger partial charge >= 0.3 is 0 Å². The molecular formula is C30H36FNO2. The first kappa shape index (κ1) is 25.5. The van der Waals surface area contributed by atoms with Crippen LogP contribution in [0.5, 0.6) is 5.75 Å². The molecule has 3 rings (SSSR count). The van der Waals surface area contributed by atoms with Gasteiger partial charge in [0.15, 0.2) is 0 Å². The molecule has 1 unspecified atom stereocenters. The molecule has 3 aromatic carbocycles. The van der Waals surface area contributed by atoms with Gasteiger partial charge in [-0.3, -0.25) is 4.79 Å². The van der Waals surface area contributed by atoms with Crippen LogP contribution in [0.25, 0.3) is 11.1 Å². The number of halogens is 1. The number of unbranched alkanes of at least 4 members (excludes halogenated alkanes) is 3. The highest BCUT2D eigenvalue weighted by Gasteiger charge is 2.19. The molecule has 1 atom stereocenters. The molecule has 0 bridgehead atoms. The second-order valence-electron chi connectivity index (χ2n) is 9.91. The molecule has 0 aromatic heterocycles. The predicted octanol–water partition coefficient (Wildman–Crippen LogP) is 7.98. The second kappa shape index (κ2) is 11.3. The van der Waals surface area contributed by atoms with Gasteiger partial charge in [-0.05, 0) is 59.2 Å². The fourth-order valence-electron chi connectivity index (χ4n) is 4.03. The van der Waals surface area contributed by atoms with Crippen LogP contribution in [0.2, 0.25) is 0 Å². The van der Waals surface area contributed by atoms with E-state index in [1.165, 1.54) is 11.6 Å². The van der Waals surface area contributed by atoms with Crippen molar-refractivity contribution in [3.05, 3.63) is 89.2 Å². The van der Waals surface area contributed by atoms with Crippen LogP contribution in [0.4, 0.5) is 4.39 Å². The minimum absolute atomic E-state index is 0.118. The van der Waals surface area contributed by atoms with E-state index in [1.54, 1.807) is 12.1 Å². The number of hydrogen-bond acceptors (Lipinski definition) is 2. The number of carbonyl (C=O) groups is 1. The number of rotatable bonds is 10. The van der Waals surface area contributed by atoms with Crippen LogP contribution < -0.4 is 10.5 Å². The summed E-state index contributed by atoms with van der Waals surface area (Å²) in [5.41, 5.74) is 9.57. The molecule has 0 saturated heterocycles. The average Bonchev–Trinajstić information content (AvgIpc) is 2.81. The van der Waals surface area contributed by atoms with Crippen molar-refractivity contribution in [3.63, 3.8) is 0 Å². The summed E-state index contributed by atoms with van der Waals surface area (Å²) in [5, 5.41) is 0. The number of amides is 1. The summed E-state index contributed by atoms with van der Waals surface area (Å²) in [6.45, 7) is 8.78. The van der Waals surface area contributed by atoms with Gasteiger partial charge in [-0.1, -0.05) is 89.4 Å². The van der Waals surface area contributed by atoms with Crippen molar-refractivity contribution in [1.29, 1.82) is 0 Å². The minimum Gasteiger partial charge on any atom is -0.486 e. The zero-order valence-electron chi connectivity index (χ0n) is 20.7. The Morgan fingerprint density at radius 1 is 0.912 bits per heavy atom. The molecule has 180 valence electrons. The van der Waals surface area contributed by atoms with E-state index in [4.69, 9.17) is 10.5 Å². The third-order valence-electron chi connectivity index (χ3n) is 6.17. The maximum Gasteiger partial charge on any atom is 0.248 e. The molecule has 0 radical (unpaired) electrons. The number of carbonyl (C=O) groups excluding carboxylic acids is 1. The number of benzene rings is 3. The third kappa shape index (κ3) is 6.69. The fourth-order valence-corrected chi connectivity index (χ4v) is 4.03. The Labute approximate surface area is 203 Å². The molecule has 0 saturated carbocycles. The Balaban J connectivity index is 1.78. The summed E-state index contributed by atoms with van der Waals surface area (Å²) in [4.78, 5) is 11.4. The van der Waals surface area contributed by atoms with E-state index in [0.717, 1.165) is 36.8 Å². The second-order valence-corrected chi connectivity index (χ2v) is 9.91. The molecule has 2 N–H and O–H groups in total. The maximum atomic E-state index is 14.9. The first-order valence-electron chi connectivity index (χ1n) is 12.2. The summed E-state index contributed by atoms with van der Waals surface area (Å²) >= 11 is 0. The lowest BCUT2D eigenvalue weighted by atomic mass is 9.86. The van der Waals surface area contributed by atoms with E-state index >= 15 is 0 Å². The first-order chi connectivity index (χ1) is 16.2. The Morgan fingerprint density at radius 2 is 1.53 bits per heavy atom. The van der Waals surface area contributed by atoms with E-state index in [9.17, 15) is 9.18 Å². The topological polar surface area (TPSA) is 52.3 Å². The summed E-state index contributed by atoms with van der Waals surface area (Å²) in [5.74, 6) is -0.418. The first-order valence-corrected chi connectivity index (χ1v) is 12.2. The van der Waals surface area contributed by atoms with Gasteiger partial charge in [0.25, 0.3) is 0 Å². The maximum absolute atomic E-state index is 14.9. The van der Waals surface area contributed by atoms with Gasteiger partial charge < -0.3 is 10.5 Å². The van der Waals surface area contributed by atoms with Gasteiger partial charge in [0, 0.05) is 11.1 Å². The zero-order chi connectivity index (χ0) is 24.7. The Hall–Kier alpha value is -3.14. The van der Waals surface area contributed by atoms with Crippen LogP contribution in [-0.4, -0.2) is 5.91 Å². The summed E-state index contributed by atoms with van der Waals surface area (Å²) in [6, 6.07) is 20.9. The van der Waals surface area contributed by atoms with Gasteiger partial charge in [-0.25, -0.2) is 4.39 Å². The summed E-state index contributed by atoms with van der Waals surface area (Å²) in [6.07, 6.45) is 4.54. The predicted molar refractivity (Wildman–Crippen MR) is 138 cm³/mol. The van der Waals surface area contributed by atoms with E-state index in [0.29, 0.717) is 17.7 Å². The van der Waals surface area contributed by atoms with Crippen LogP contribution in [-0.2, 0) is 5.41 Å². The van der Waals surface area contributed by atoms with Crippen molar-refractivity contribution in [2.75, 3.05) is 0 Å². The lowest BCUT2D eigenvalue weighted by molar-refractivity contribution is 0.0999. The van der Waals surface area contributed by atoms with E-state index in [-0.39, 0.29) is 11.0 Å². The molecule has 0 aliphatic rings. The highest BCUT2D eigenvalue weighted by molar-refractivity contribution is 5.92. The molecule has 0 spiro atoms. The third-order valence-corrected chi connectivity index (χ3v) is 6.17. The smallest absolute Gasteiger partial charge is 0.248 e. The van der Waals surface area contributed by atoms with Crippen LogP contribution in [0.3, 0.4) is 0 Å². The summed E-state index contributed by atoms with van der Waals surface area (Å²) in [7, 11) is 0. The largest absolute Gasteiger partial charge is 0.486 e. The van der Waals surface area contributed by atoms with Crippen molar-refractivity contribution in [3.8, 4) is 16.9 Å². The van der Waals surface area contributed by atoms with Crippen molar-refractivity contribution >= 4 is 5.91 Å². The molecule has 0 heterocycles. The minimum atomic E-state index is -0.642. The van der Waals surface area contributed by atoms with Crippen LogP contribution in [0, 0.1) is 5.82 Å². The van der Waals surface area contributed by atoms with Gasteiger partial charge in [0.05, 0.1) is 0 Å². The lowest BCUT2D eigenvalue weighted by Gasteiger charge is -2.21. The molecular weight excluding hydrogens is 425 g/mol. The molecule has 0 aliphatic carbocycles. The molecule has 0 fully saturated rings. The molecule has 0 aliphatic heterocycles. The monoisotopic (exact) mass is 461 g/mol. The fraction of sp³-hybridized carbons (Fsp3) is 0.367. The SMILES string of the molecule is CCCCCCC(Oc1ccc(-c2ccc(C(C)(C)C)cc2)cc1)c1ccc(C(N)=O)cc1F. The average molecular weight is 462 g/mol. The van der Waals surface area contributed by atoms with Crippen molar-refractivity contribution in [2.45, 2.75) is 71.3 Å². The normalized spacial score (nSPS) is 12.4. The Bertz CT molecular complexity index is 1080. The Morgan fingerprint density at radius 3 is 2.06 bits per heavy atom. The van der Waals surface area contributed by atoms with Crippen LogP contribution in [0.1, 0.15) is 87.4 Å². The van der Waals surface area contributed by atoms with Crippen molar-refractivity contribution in [1.82, 2.24) is 0 Å². The molecule has 3 nitrogen and oxygen atoms in total. The molecule has 4 heteroatoms. The zero-order valence-corrected chi connectivity index (χ0v) is 20.7. The lowest BCUT2D eigenvalue weighted by Crippen LogP contribution is -2.14. The van der Waals surface area contributed by atoms with E-state index in [2.05, 4.69) is 52.0 Å². The Kier molecular flexibility index (Phi) is 8.49. The molecule has 34 heavy (non-hydrogen) atoms. The highest BCUT2D eigenvalue weighted by Crippen LogP contribution is 2.31. The van der Waals surface area contributed by atoms with Gasteiger partial charge in [0.1, 0.15) is 17.7 Å². The van der Waals surface area contributed by atoms with Gasteiger partial charge in [-0.2, -0.15) is 0 Å². The molecule has 1 amide bonds.